The first kappa shape index (κ1) is 14.6. The molecule has 14 heavy (non-hydrogen) atoms. The Hall–Kier alpha value is 0.620. The minimum absolute atomic E-state index is 0.513. The number of aliphatic hydroxyl groups is 2. The lowest BCUT2D eigenvalue weighted by atomic mass is 10.1. The molecule has 0 aliphatic heterocycles. The standard InChI is InChI=1S/C10H18Br2O2/c1-3-5-7(13)9(11)10(12)8(14)6-4-2/h7-8,13-14H,3-6H2,1-2H3/b10-9+. The zero-order valence-electron chi connectivity index (χ0n) is 8.63. The molecule has 0 spiro atoms. The molecule has 4 heteroatoms. The molecular weight excluding hydrogens is 312 g/mol. The highest BCUT2D eigenvalue weighted by Gasteiger charge is 2.16. The first-order valence-corrected chi connectivity index (χ1v) is 6.54. The van der Waals surface area contributed by atoms with Crippen molar-refractivity contribution in [1.82, 2.24) is 0 Å². The number of hydrogen-bond donors (Lipinski definition) is 2. The van der Waals surface area contributed by atoms with Crippen molar-refractivity contribution in [2.45, 2.75) is 51.7 Å². The summed E-state index contributed by atoms with van der Waals surface area (Å²) in [4.78, 5) is 0. The van der Waals surface area contributed by atoms with Crippen molar-refractivity contribution in [3.8, 4) is 0 Å². The molecule has 0 heterocycles. The van der Waals surface area contributed by atoms with Crippen LogP contribution >= 0.6 is 31.9 Å². The molecule has 2 atom stereocenters. The first-order chi connectivity index (χ1) is 6.54. The predicted molar refractivity (Wildman–Crippen MR) is 66.7 cm³/mol. The van der Waals surface area contributed by atoms with E-state index in [0.717, 1.165) is 12.8 Å². The van der Waals surface area contributed by atoms with Gasteiger partial charge >= 0.3 is 0 Å². The molecule has 84 valence electrons. The van der Waals surface area contributed by atoms with Crippen LogP contribution in [0, 0.1) is 0 Å². The molecule has 0 aromatic rings. The highest BCUT2D eigenvalue weighted by molar-refractivity contribution is 9.14. The summed E-state index contributed by atoms with van der Waals surface area (Å²) in [6.45, 7) is 4.03. The van der Waals surface area contributed by atoms with Crippen molar-refractivity contribution < 1.29 is 10.2 Å². The summed E-state index contributed by atoms with van der Waals surface area (Å²) in [6, 6.07) is 0. The van der Waals surface area contributed by atoms with Gasteiger partial charge < -0.3 is 10.2 Å². The summed E-state index contributed by atoms with van der Waals surface area (Å²) in [6.07, 6.45) is 2.21. The monoisotopic (exact) mass is 328 g/mol. The zero-order valence-corrected chi connectivity index (χ0v) is 11.8. The highest BCUT2D eigenvalue weighted by atomic mass is 79.9. The van der Waals surface area contributed by atoms with Crippen LogP contribution in [0.3, 0.4) is 0 Å². The van der Waals surface area contributed by atoms with E-state index in [4.69, 9.17) is 0 Å². The Kier molecular flexibility index (Phi) is 8.20. The third-order valence-electron chi connectivity index (χ3n) is 1.94. The minimum atomic E-state index is -0.513. The smallest absolute Gasteiger partial charge is 0.0863 e. The van der Waals surface area contributed by atoms with E-state index >= 15 is 0 Å². The Labute approximate surface area is 103 Å². The average molecular weight is 330 g/mol. The molecule has 0 aromatic carbocycles. The second-order valence-corrected chi connectivity index (χ2v) is 5.01. The van der Waals surface area contributed by atoms with E-state index in [0.29, 0.717) is 21.8 Å². The van der Waals surface area contributed by atoms with Gasteiger partial charge in [0.15, 0.2) is 0 Å². The zero-order chi connectivity index (χ0) is 11.1. The van der Waals surface area contributed by atoms with Crippen LogP contribution in [0.15, 0.2) is 8.96 Å². The van der Waals surface area contributed by atoms with Gasteiger partial charge in [0.05, 0.1) is 12.2 Å². The van der Waals surface area contributed by atoms with Gasteiger partial charge in [0, 0.05) is 8.96 Å². The van der Waals surface area contributed by atoms with Crippen molar-refractivity contribution in [1.29, 1.82) is 0 Å². The maximum atomic E-state index is 9.66. The molecule has 0 aliphatic rings. The van der Waals surface area contributed by atoms with Crippen LogP contribution in [-0.2, 0) is 0 Å². The van der Waals surface area contributed by atoms with Gasteiger partial charge in [0.1, 0.15) is 0 Å². The fraction of sp³-hybridized carbons (Fsp3) is 0.800. The molecule has 2 nitrogen and oxygen atoms in total. The number of halogens is 2. The van der Waals surface area contributed by atoms with Crippen molar-refractivity contribution in [3.05, 3.63) is 8.96 Å². The summed E-state index contributed by atoms with van der Waals surface area (Å²) in [5.74, 6) is 0. The predicted octanol–water partition coefficient (Wildman–Crippen LogP) is 3.31. The van der Waals surface area contributed by atoms with Gasteiger partial charge in [-0.05, 0) is 12.8 Å². The average Bonchev–Trinajstić information content (AvgIpc) is 2.16. The SMILES string of the molecule is CCCC(O)/C(Br)=C(\Br)C(O)CCC. The lowest BCUT2D eigenvalue weighted by molar-refractivity contribution is 0.191. The Morgan fingerprint density at radius 2 is 1.21 bits per heavy atom. The van der Waals surface area contributed by atoms with Gasteiger partial charge in [-0.15, -0.1) is 0 Å². The van der Waals surface area contributed by atoms with E-state index in [9.17, 15) is 10.2 Å². The normalized spacial score (nSPS) is 17.6. The molecular formula is C10H18Br2O2. The molecule has 0 saturated carbocycles. The Balaban J connectivity index is 4.39. The van der Waals surface area contributed by atoms with Crippen LogP contribution in [0.5, 0.6) is 0 Å². The fourth-order valence-corrected chi connectivity index (χ4v) is 2.10. The van der Waals surface area contributed by atoms with E-state index < -0.39 is 12.2 Å². The molecule has 0 amide bonds. The van der Waals surface area contributed by atoms with Crippen LogP contribution in [0.1, 0.15) is 39.5 Å². The van der Waals surface area contributed by atoms with E-state index in [-0.39, 0.29) is 0 Å². The van der Waals surface area contributed by atoms with Crippen LogP contribution in [-0.4, -0.2) is 22.4 Å². The second kappa shape index (κ2) is 7.85. The largest absolute Gasteiger partial charge is 0.388 e. The van der Waals surface area contributed by atoms with Crippen LogP contribution in [0.4, 0.5) is 0 Å². The molecule has 0 saturated heterocycles. The topological polar surface area (TPSA) is 40.5 Å². The molecule has 0 fully saturated rings. The Bertz CT molecular complexity index is 173. The van der Waals surface area contributed by atoms with Crippen LogP contribution < -0.4 is 0 Å². The van der Waals surface area contributed by atoms with Gasteiger partial charge in [-0.25, -0.2) is 0 Å². The summed E-state index contributed by atoms with van der Waals surface area (Å²) < 4.78 is 1.33. The summed E-state index contributed by atoms with van der Waals surface area (Å²) in [7, 11) is 0. The lowest BCUT2D eigenvalue weighted by Gasteiger charge is -2.15. The van der Waals surface area contributed by atoms with E-state index in [1.54, 1.807) is 0 Å². The van der Waals surface area contributed by atoms with E-state index in [1.165, 1.54) is 0 Å². The van der Waals surface area contributed by atoms with Gasteiger partial charge in [0.2, 0.25) is 0 Å². The van der Waals surface area contributed by atoms with Crippen molar-refractivity contribution in [2.24, 2.45) is 0 Å². The summed E-state index contributed by atoms with van der Waals surface area (Å²) in [5.41, 5.74) is 0. The molecule has 0 rings (SSSR count). The van der Waals surface area contributed by atoms with E-state index in [1.807, 2.05) is 13.8 Å². The minimum Gasteiger partial charge on any atom is -0.388 e. The maximum absolute atomic E-state index is 9.66. The first-order valence-electron chi connectivity index (χ1n) is 4.95. The molecule has 2 N–H and O–H groups in total. The molecule has 0 radical (unpaired) electrons. The van der Waals surface area contributed by atoms with Crippen molar-refractivity contribution >= 4 is 31.9 Å². The van der Waals surface area contributed by atoms with Gasteiger partial charge in [-0.3, -0.25) is 0 Å². The molecule has 0 aromatic heterocycles. The lowest BCUT2D eigenvalue weighted by Crippen LogP contribution is -2.13. The van der Waals surface area contributed by atoms with Crippen LogP contribution in [0.25, 0.3) is 0 Å². The van der Waals surface area contributed by atoms with E-state index in [2.05, 4.69) is 31.9 Å². The third-order valence-corrected chi connectivity index (χ3v) is 4.38. The van der Waals surface area contributed by atoms with Gasteiger partial charge in [0.25, 0.3) is 0 Å². The third kappa shape index (κ3) is 4.91. The van der Waals surface area contributed by atoms with Crippen molar-refractivity contribution in [3.63, 3.8) is 0 Å². The van der Waals surface area contributed by atoms with Gasteiger partial charge in [-0.1, -0.05) is 58.5 Å². The molecule has 2 unspecified atom stereocenters. The number of rotatable bonds is 6. The van der Waals surface area contributed by atoms with Crippen molar-refractivity contribution in [2.75, 3.05) is 0 Å². The molecule has 0 aliphatic carbocycles. The van der Waals surface area contributed by atoms with Crippen LogP contribution in [0.2, 0.25) is 0 Å². The fourth-order valence-electron chi connectivity index (χ4n) is 1.12. The summed E-state index contributed by atoms with van der Waals surface area (Å²) in [5, 5.41) is 19.3. The highest BCUT2D eigenvalue weighted by Crippen LogP contribution is 2.28. The Morgan fingerprint density at radius 1 is 0.929 bits per heavy atom. The van der Waals surface area contributed by atoms with Gasteiger partial charge in [-0.2, -0.15) is 0 Å². The molecule has 0 bridgehead atoms. The number of aliphatic hydroxyl groups excluding tert-OH is 2. The summed E-state index contributed by atoms with van der Waals surface area (Å²) >= 11 is 6.61. The maximum Gasteiger partial charge on any atom is 0.0863 e. The number of hydrogen-bond acceptors (Lipinski definition) is 2. The quantitative estimate of drug-likeness (QED) is 0.784. The Morgan fingerprint density at radius 3 is 1.43 bits per heavy atom. The second-order valence-electron chi connectivity index (χ2n) is 3.30.